The van der Waals surface area contributed by atoms with E-state index in [1.807, 2.05) is 44.2 Å². The van der Waals surface area contributed by atoms with Crippen LogP contribution in [0.25, 0.3) is 22.0 Å². The van der Waals surface area contributed by atoms with Crippen LogP contribution in [0.3, 0.4) is 0 Å². The standard InChI is InChI=1S/C25H31N3O2S/c1-16(2)26-24(29)21-14-23(28(17(21)3)19-8-6-5-7-9-19)22-15-31-25(27-22)18-10-12-20(30-4)13-11-18/h10-16,19H,5-9H2,1-4H3,(H,26,29). The van der Waals surface area contributed by atoms with Crippen LogP contribution in [0.4, 0.5) is 0 Å². The van der Waals surface area contributed by atoms with Gasteiger partial charge in [0.25, 0.3) is 5.91 Å². The summed E-state index contributed by atoms with van der Waals surface area (Å²) in [7, 11) is 1.67. The van der Waals surface area contributed by atoms with Crippen LogP contribution < -0.4 is 10.1 Å². The van der Waals surface area contributed by atoms with Crippen molar-refractivity contribution < 1.29 is 9.53 Å². The highest BCUT2D eigenvalue weighted by atomic mass is 32.1. The molecule has 5 nitrogen and oxygen atoms in total. The van der Waals surface area contributed by atoms with Gasteiger partial charge in [-0.3, -0.25) is 4.79 Å². The van der Waals surface area contributed by atoms with Crippen molar-refractivity contribution in [3.05, 3.63) is 47.0 Å². The Morgan fingerprint density at radius 1 is 1.19 bits per heavy atom. The molecule has 6 heteroatoms. The molecule has 0 spiro atoms. The van der Waals surface area contributed by atoms with Gasteiger partial charge in [-0.05, 0) is 63.9 Å². The van der Waals surface area contributed by atoms with Gasteiger partial charge in [0.2, 0.25) is 0 Å². The van der Waals surface area contributed by atoms with Crippen molar-refractivity contribution in [3.63, 3.8) is 0 Å². The van der Waals surface area contributed by atoms with Crippen molar-refractivity contribution in [2.24, 2.45) is 0 Å². The van der Waals surface area contributed by atoms with E-state index in [2.05, 4.69) is 22.2 Å². The van der Waals surface area contributed by atoms with E-state index in [1.165, 1.54) is 19.3 Å². The molecule has 0 aliphatic heterocycles. The number of ether oxygens (including phenoxy) is 1. The SMILES string of the molecule is COc1ccc(-c2nc(-c3cc(C(=O)NC(C)C)c(C)n3C3CCCCC3)cs2)cc1. The lowest BCUT2D eigenvalue weighted by atomic mass is 9.95. The molecular formula is C25H31N3O2S. The van der Waals surface area contributed by atoms with Crippen LogP contribution >= 0.6 is 11.3 Å². The summed E-state index contributed by atoms with van der Waals surface area (Å²) in [6.45, 7) is 6.06. The fourth-order valence-corrected chi connectivity index (χ4v) is 5.28. The number of thiazole rings is 1. The zero-order valence-electron chi connectivity index (χ0n) is 18.8. The third kappa shape index (κ3) is 4.54. The van der Waals surface area contributed by atoms with E-state index in [4.69, 9.17) is 9.72 Å². The first-order valence-corrected chi connectivity index (χ1v) is 12.0. The van der Waals surface area contributed by atoms with Crippen molar-refractivity contribution in [2.45, 2.75) is 65.0 Å². The van der Waals surface area contributed by atoms with Gasteiger partial charge in [0, 0.05) is 28.7 Å². The third-order valence-corrected chi connectivity index (χ3v) is 6.89. The fraction of sp³-hybridized carbons (Fsp3) is 0.440. The number of rotatable bonds is 6. The van der Waals surface area contributed by atoms with Gasteiger partial charge in [-0.2, -0.15) is 0 Å². The molecule has 2 heterocycles. The van der Waals surface area contributed by atoms with E-state index in [0.29, 0.717) is 6.04 Å². The molecule has 4 rings (SSSR count). The molecular weight excluding hydrogens is 406 g/mol. The maximum atomic E-state index is 12.9. The van der Waals surface area contributed by atoms with Gasteiger partial charge in [-0.1, -0.05) is 19.3 Å². The van der Waals surface area contributed by atoms with Crippen LogP contribution in [-0.2, 0) is 0 Å². The zero-order chi connectivity index (χ0) is 22.0. The minimum absolute atomic E-state index is 0.00563. The lowest BCUT2D eigenvalue weighted by Crippen LogP contribution is -2.30. The van der Waals surface area contributed by atoms with Gasteiger partial charge in [0.15, 0.2) is 0 Å². The maximum Gasteiger partial charge on any atom is 0.253 e. The monoisotopic (exact) mass is 437 g/mol. The number of amides is 1. The predicted molar refractivity (Wildman–Crippen MR) is 127 cm³/mol. The van der Waals surface area contributed by atoms with Gasteiger partial charge < -0.3 is 14.6 Å². The van der Waals surface area contributed by atoms with Crippen molar-refractivity contribution in [1.82, 2.24) is 14.9 Å². The van der Waals surface area contributed by atoms with E-state index >= 15 is 0 Å². The van der Waals surface area contributed by atoms with Gasteiger partial charge in [-0.15, -0.1) is 11.3 Å². The maximum absolute atomic E-state index is 12.9. The Morgan fingerprint density at radius 2 is 1.90 bits per heavy atom. The number of hydrogen-bond acceptors (Lipinski definition) is 4. The molecule has 0 unspecified atom stereocenters. The molecule has 164 valence electrons. The highest BCUT2D eigenvalue weighted by molar-refractivity contribution is 7.13. The number of hydrogen-bond donors (Lipinski definition) is 1. The van der Waals surface area contributed by atoms with Crippen molar-refractivity contribution >= 4 is 17.2 Å². The summed E-state index contributed by atoms with van der Waals surface area (Å²) in [4.78, 5) is 17.9. The number of carbonyl (C=O) groups is 1. The van der Waals surface area contributed by atoms with E-state index in [9.17, 15) is 4.79 Å². The average molecular weight is 438 g/mol. The highest BCUT2D eigenvalue weighted by Gasteiger charge is 2.26. The first-order valence-electron chi connectivity index (χ1n) is 11.1. The first-order chi connectivity index (χ1) is 15.0. The number of nitrogens with one attached hydrogen (secondary N) is 1. The number of aromatic nitrogens is 2. The third-order valence-electron chi connectivity index (χ3n) is 6.00. The first kappa shape index (κ1) is 21.6. The van der Waals surface area contributed by atoms with Crippen molar-refractivity contribution in [2.75, 3.05) is 7.11 Å². The van der Waals surface area contributed by atoms with Gasteiger partial charge in [0.05, 0.1) is 24.1 Å². The van der Waals surface area contributed by atoms with E-state index in [1.54, 1.807) is 18.4 Å². The van der Waals surface area contributed by atoms with Crippen molar-refractivity contribution in [3.8, 4) is 27.7 Å². The topological polar surface area (TPSA) is 56.1 Å². The summed E-state index contributed by atoms with van der Waals surface area (Å²) in [5.41, 5.74) is 4.86. The summed E-state index contributed by atoms with van der Waals surface area (Å²) >= 11 is 1.63. The number of methoxy groups -OCH3 is 1. The zero-order valence-corrected chi connectivity index (χ0v) is 19.6. The van der Waals surface area contributed by atoms with Crippen LogP contribution in [0.15, 0.2) is 35.7 Å². The molecule has 1 saturated carbocycles. The quantitative estimate of drug-likeness (QED) is 0.497. The van der Waals surface area contributed by atoms with E-state index < -0.39 is 0 Å². The number of nitrogens with zero attached hydrogens (tertiary/aromatic N) is 2. The van der Waals surface area contributed by atoms with Crippen LogP contribution in [0, 0.1) is 6.92 Å². The van der Waals surface area contributed by atoms with Crippen LogP contribution in [0.2, 0.25) is 0 Å². The Hall–Kier alpha value is -2.60. The van der Waals surface area contributed by atoms with Crippen LogP contribution in [-0.4, -0.2) is 28.6 Å². The summed E-state index contributed by atoms with van der Waals surface area (Å²) in [5, 5.41) is 6.14. The lowest BCUT2D eigenvalue weighted by Gasteiger charge is -2.27. The Labute approximate surface area is 188 Å². The molecule has 1 aliphatic rings. The molecule has 2 aromatic heterocycles. The molecule has 1 N–H and O–H groups in total. The molecule has 0 bridgehead atoms. The lowest BCUT2D eigenvalue weighted by molar-refractivity contribution is 0.0942. The number of carbonyl (C=O) groups excluding carboxylic acids is 1. The van der Waals surface area contributed by atoms with Crippen LogP contribution in [0.5, 0.6) is 5.75 Å². The van der Waals surface area contributed by atoms with Gasteiger partial charge in [0.1, 0.15) is 10.8 Å². The van der Waals surface area contributed by atoms with Crippen molar-refractivity contribution in [1.29, 1.82) is 0 Å². The fourth-order valence-electron chi connectivity index (χ4n) is 4.46. The summed E-state index contributed by atoms with van der Waals surface area (Å²) < 4.78 is 7.65. The average Bonchev–Trinajstić information content (AvgIpc) is 3.39. The second-order valence-electron chi connectivity index (χ2n) is 8.59. The summed E-state index contributed by atoms with van der Waals surface area (Å²) in [5.74, 6) is 0.831. The molecule has 1 aromatic carbocycles. The molecule has 1 fully saturated rings. The molecule has 0 radical (unpaired) electrons. The largest absolute Gasteiger partial charge is 0.497 e. The Kier molecular flexibility index (Phi) is 6.46. The molecule has 1 aliphatic carbocycles. The predicted octanol–water partition coefficient (Wildman–Crippen LogP) is 6.24. The van der Waals surface area contributed by atoms with Gasteiger partial charge in [-0.25, -0.2) is 4.98 Å². The van der Waals surface area contributed by atoms with E-state index in [0.717, 1.165) is 51.8 Å². The molecule has 1 amide bonds. The molecule has 0 atom stereocenters. The second kappa shape index (κ2) is 9.27. The molecule has 3 aromatic rings. The Balaban J connectivity index is 1.74. The minimum atomic E-state index is -0.00563. The summed E-state index contributed by atoms with van der Waals surface area (Å²) in [6.07, 6.45) is 6.09. The van der Waals surface area contributed by atoms with Crippen LogP contribution in [0.1, 0.15) is 68.0 Å². The Morgan fingerprint density at radius 3 is 2.55 bits per heavy atom. The molecule has 31 heavy (non-hydrogen) atoms. The normalized spacial score (nSPS) is 14.7. The van der Waals surface area contributed by atoms with E-state index in [-0.39, 0.29) is 11.9 Å². The smallest absolute Gasteiger partial charge is 0.253 e. The second-order valence-corrected chi connectivity index (χ2v) is 9.44. The Bertz CT molecular complexity index is 1040. The minimum Gasteiger partial charge on any atom is -0.497 e. The summed E-state index contributed by atoms with van der Waals surface area (Å²) in [6, 6.07) is 10.6. The molecule has 0 saturated heterocycles. The highest BCUT2D eigenvalue weighted by Crippen LogP contribution is 2.38. The number of benzene rings is 1. The van der Waals surface area contributed by atoms with Gasteiger partial charge >= 0.3 is 0 Å².